The van der Waals surface area contributed by atoms with Crippen molar-refractivity contribution in [3.05, 3.63) is 59.5 Å². The van der Waals surface area contributed by atoms with E-state index < -0.39 is 0 Å². The van der Waals surface area contributed by atoms with Crippen LogP contribution in [-0.2, 0) is 11.3 Å². The number of benzene rings is 1. The van der Waals surface area contributed by atoms with Crippen LogP contribution in [0.2, 0.25) is 0 Å². The first-order chi connectivity index (χ1) is 10.3. The molecule has 21 heavy (non-hydrogen) atoms. The molecule has 112 valence electrons. The number of halogens is 1. The maximum Gasteiger partial charge on any atom is 0.213 e. The summed E-state index contributed by atoms with van der Waals surface area (Å²) in [5.41, 5.74) is 2.46. The van der Waals surface area contributed by atoms with Crippen molar-refractivity contribution < 1.29 is 4.74 Å². The Labute approximate surface area is 141 Å². The highest BCUT2D eigenvalue weighted by Gasteiger charge is 2.32. The van der Waals surface area contributed by atoms with E-state index in [4.69, 9.17) is 4.74 Å². The maximum atomic E-state index is 5.79. The minimum atomic E-state index is 0.529. The van der Waals surface area contributed by atoms with Crippen LogP contribution >= 0.6 is 22.6 Å². The van der Waals surface area contributed by atoms with Gasteiger partial charge in [0.2, 0.25) is 5.88 Å². The highest BCUT2D eigenvalue weighted by Crippen LogP contribution is 2.42. The van der Waals surface area contributed by atoms with E-state index in [9.17, 15) is 0 Å². The Balaban J connectivity index is 2.02. The summed E-state index contributed by atoms with van der Waals surface area (Å²) in [4.78, 5) is 4.03. The third-order valence-electron chi connectivity index (χ3n) is 3.79. The van der Waals surface area contributed by atoms with Crippen molar-refractivity contribution in [2.75, 3.05) is 4.43 Å². The molecule has 0 heterocycles. The Morgan fingerprint density at radius 2 is 2.14 bits per heavy atom. The van der Waals surface area contributed by atoms with Crippen LogP contribution < -0.4 is 0 Å². The number of allylic oxidation sites excluding steroid dienone is 3. The quantitative estimate of drug-likeness (QED) is 0.196. The van der Waals surface area contributed by atoms with Crippen LogP contribution in [0.25, 0.3) is 0 Å². The summed E-state index contributed by atoms with van der Waals surface area (Å²) < 4.78 is 6.93. The van der Waals surface area contributed by atoms with Gasteiger partial charge in [-0.15, -0.1) is 0 Å². The third-order valence-corrected chi connectivity index (χ3v) is 4.74. The van der Waals surface area contributed by atoms with Crippen molar-refractivity contribution in [1.82, 2.24) is 0 Å². The van der Waals surface area contributed by atoms with Crippen LogP contribution in [-0.4, -0.2) is 11.1 Å². The van der Waals surface area contributed by atoms with Gasteiger partial charge in [-0.05, 0) is 49.5 Å². The summed E-state index contributed by atoms with van der Waals surface area (Å²) in [6.07, 6.45) is 6.93. The van der Waals surface area contributed by atoms with Gasteiger partial charge >= 0.3 is 0 Å². The van der Waals surface area contributed by atoms with E-state index >= 15 is 0 Å². The molecule has 0 aliphatic heterocycles. The lowest BCUT2D eigenvalue weighted by Crippen LogP contribution is -2.07. The van der Waals surface area contributed by atoms with Crippen LogP contribution in [0.15, 0.2) is 58.9 Å². The molecule has 1 fully saturated rings. The standard InChI is InChI=1S/C18H22INO/c1-3-15(17(12-19)16-9-10-16)11-18(20-2)21-13-14-7-5-4-6-8-14/h3-8,11,16-17H,2,9-10,12-13H2,1H3/b15-3+,18-11+/t17-/m1/s1. The minimum Gasteiger partial charge on any atom is -0.473 e. The first-order valence-corrected chi connectivity index (χ1v) is 8.88. The van der Waals surface area contributed by atoms with Crippen molar-refractivity contribution in [2.45, 2.75) is 26.4 Å². The van der Waals surface area contributed by atoms with Gasteiger partial charge in [-0.25, -0.2) is 4.99 Å². The molecule has 0 N–H and O–H groups in total. The molecule has 2 rings (SSSR count). The summed E-state index contributed by atoms with van der Waals surface area (Å²) in [5.74, 6) is 2.07. The molecule has 3 heteroatoms. The molecule has 0 saturated heterocycles. The van der Waals surface area contributed by atoms with Crippen molar-refractivity contribution in [1.29, 1.82) is 0 Å². The van der Waals surface area contributed by atoms with E-state index in [1.54, 1.807) is 0 Å². The molecule has 1 aliphatic carbocycles. The number of hydrogen-bond acceptors (Lipinski definition) is 2. The number of alkyl halides is 1. The Bertz CT molecular complexity index is 517. The third kappa shape index (κ3) is 4.99. The van der Waals surface area contributed by atoms with Gasteiger partial charge in [0, 0.05) is 10.5 Å². The summed E-state index contributed by atoms with van der Waals surface area (Å²) in [5, 5.41) is 0. The zero-order chi connectivity index (χ0) is 15.1. The Kier molecular flexibility index (Phi) is 6.49. The van der Waals surface area contributed by atoms with Gasteiger partial charge in [0.15, 0.2) is 0 Å². The Hall–Kier alpha value is -1.10. The van der Waals surface area contributed by atoms with E-state index in [1.807, 2.05) is 18.2 Å². The lowest BCUT2D eigenvalue weighted by Gasteiger charge is -2.15. The average Bonchev–Trinajstić information content (AvgIpc) is 3.36. The molecule has 1 aliphatic rings. The van der Waals surface area contributed by atoms with Gasteiger partial charge in [0.05, 0.1) is 0 Å². The summed E-state index contributed by atoms with van der Waals surface area (Å²) in [6.45, 7) is 6.25. The molecule has 0 unspecified atom stereocenters. The van der Waals surface area contributed by atoms with E-state index in [0.717, 1.165) is 15.9 Å². The van der Waals surface area contributed by atoms with Gasteiger partial charge in [0.1, 0.15) is 6.61 Å². The lowest BCUT2D eigenvalue weighted by atomic mass is 9.95. The predicted octanol–water partition coefficient (Wildman–Crippen LogP) is 5.15. The number of aliphatic imine (C=N–C) groups is 1. The predicted molar refractivity (Wildman–Crippen MR) is 97.7 cm³/mol. The van der Waals surface area contributed by atoms with Crippen LogP contribution in [0, 0.1) is 11.8 Å². The maximum absolute atomic E-state index is 5.79. The molecule has 2 nitrogen and oxygen atoms in total. The molecule has 1 atom stereocenters. The normalized spacial score (nSPS) is 17.4. The van der Waals surface area contributed by atoms with Gasteiger partial charge in [-0.2, -0.15) is 0 Å². The fourth-order valence-electron chi connectivity index (χ4n) is 2.40. The molecule has 1 saturated carbocycles. The summed E-state index contributed by atoms with van der Waals surface area (Å²) in [7, 11) is 0. The summed E-state index contributed by atoms with van der Waals surface area (Å²) in [6, 6.07) is 10.1. The highest BCUT2D eigenvalue weighted by atomic mass is 127. The van der Waals surface area contributed by atoms with Crippen molar-refractivity contribution in [3.63, 3.8) is 0 Å². The number of ether oxygens (including phenoxy) is 1. The lowest BCUT2D eigenvalue weighted by molar-refractivity contribution is 0.197. The second-order valence-corrected chi connectivity index (χ2v) is 6.18. The molecule has 1 aromatic rings. The average molecular weight is 395 g/mol. The highest BCUT2D eigenvalue weighted by molar-refractivity contribution is 14.1. The molecule has 0 bridgehead atoms. The molecule has 0 radical (unpaired) electrons. The topological polar surface area (TPSA) is 21.6 Å². The van der Waals surface area contributed by atoms with E-state index in [1.165, 1.54) is 18.4 Å². The van der Waals surface area contributed by atoms with Crippen molar-refractivity contribution >= 4 is 29.3 Å². The molecule has 0 aromatic heterocycles. The second kappa shape index (κ2) is 8.37. The number of rotatable bonds is 8. The van der Waals surface area contributed by atoms with E-state index in [0.29, 0.717) is 18.4 Å². The Morgan fingerprint density at radius 3 is 2.67 bits per heavy atom. The zero-order valence-electron chi connectivity index (χ0n) is 12.5. The largest absolute Gasteiger partial charge is 0.473 e. The molecular formula is C18H22INO. The monoisotopic (exact) mass is 395 g/mol. The second-order valence-electron chi connectivity index (χ2n) is 5.30. The van der Waals surface area contributed by atoms with E-state index in [-0.39, 0.29) is 0 Å². The van der Waals surface area contributed by atoms with Crippen LogP contribution in [0.3, 0.4) is 0 Å². The van der Waals surface area contributed by atoms with Gasteiger partial charge < -0.3 is 4.74 Å². The minimum absolute atomic E-state index is 0.529. The number of nitrogens with zero attached hydrogens (tertiary/aromatic N) is 1. The molecule has 1 aromatic carbocycles. The summed E-state index contributed by atoms with van der Waals surface area (Å²) >= 11 is 2.48. The Morgan fingerprint density at radius 1 is 1.43 bits per heavy atom. The fourth-order valence-corrected chi connectivity index (χ4v) is 3.63. The number of hydrogen-bond donors (Lipinski definition) is 0. The van der Waals surface area contributed by atoms with Gasteiger partial charge in [-0.3, -0.25) is 0 Å². The first-order valence-electron chi connectivity index (χ1n) is 7.35. The van der Waals surface area contributed by atoms with Gasteiger partial charge in [0.25, 0.3) is 0 Å². The van der Waals surface area contributed by atoms with Crippen LogP contribution in [0.5, 0.6) is 0 Å². The molecular weight excluding hydrogens is 373 g/mol. The van der Waals surface area contributed by atoms with Crippen molar-refractivity contribution in [3.8, 4) is 0 Å². The SMILES string of the molecule is C=N/C(=C\C(=C/C)[C@@H](CI)C1CC1)OCc1ccccc1. The van der Waals surface area contributed by atoms with E-state index in [2.05, 4.69) is 65.5 Å². The molecule has 0 spiro atoms. The smallest absolute Gasteiger partial charge is 0.213 e. The zero-order valence-corrected chi connectivity index (χ0v) is 14.6. The first kappa shape index (κ1) is 16.3. The van der Waals surface area contributed by atoms with Crippen LogP contribution in [0.4, 0.5) is 0 Å². The fraction of sp³-hybridized carbons (Fsp3) is 0.389. The van der Waals surface area contributed by atoms with Crippen LogP contribution in [0.1, 0.15) is 25.3 Å². The molecule has 0 amide bonds. The van der Waals surface area contributed by atoms with Crippen molar-refractivity contribution in [2.24, 2.45) is 16.8 Å². The van der Waals surface area contributed by atoms with Gasteiger partial charge in [-0.1, -0.05) is 59.0 Å².